The molecular weight excluding hydrogens is 454 g/mol. The zero-order valence-electron chi connectivity index (χ0n) is 19.0. The monoisotopic (exact) mass is 483 g/mol. The Morgan fingerprint density at radius 3 is 2.48 bits per heavy atom. The molecule has 2 aromatic rings. The van der Waals surface area contributed by atoms with E-state index >= 15 is 0 Å². The summed E-state index contributed by atoms with van der Waals surface area (Å²) >= 11 is 6.74. The van der Waals surface area contributed by atoms with E-state index in [2.05, 4.69) is 31.2 Å². The summed E-state index contributed by atoms with van der Waals surface area (Å²) in [5.74, 6) is 0.552. The van der Waals surface area contributed by atoms with E-state index in [1.54, 1.807) is 11.8 Å². The van der Waals surface area contributed by atoms with Gasteiger partial charge in [0.25, 0.3) is 5.91 Å². The van der Waals surface area contributed by atoms with Crippen molar-refractivity contribution >= 4 is 46.3 Å². The lowest BCUT2D eigenvalue weighted by Gasteiger charge is -2.13. The van der Waals surface area contributed by atoms with Gasteiger partial charge in [0.15, 0.2) is 0 Å². The highest BCUT2D eigenvalue weighted by Crippen LogP contribution is 2.33. The van der Waals surface area contributed by atoms with Gasteiger partial charge >= 0.3 is 5.97 Å². The Balaban J connectivity index is 1.48. The summed E-state index contributed by atoms with van der Waals surface area (Å²) in [4.78, 5) is 26.4. The van der Waals surface area contributed by atoms with E-state index in [-0.39, 0.29) is 11.9 Å². The Kier molecular flexibility index (Phi) is 9.51. The zero-order chi connectivity index (χ0) is 23.6. The maximum atomic E-state index is 12.8. The number of aryl methyl sites for hydroxylation is 1. The average molecular weight is 484 g/mol. The molecule has 1 aliphatic heterocycles. The van der Waals surface area contributed by atoms with E-state index in [1.165, 1.54) is 17.3 Å². The number of amides is 1. The van der Waals surface area contributed by atoms with E-state index < -0.39 is 0 Å². The van der Waals surface area contributed by atoms with Crippen molar-refractivity contribution in [1.29, 1.82) is 0 Å². The highest BCUT2D eigenvalue weighted by atomic mass is 32.2. The van der Waals surface area contributed by atoms with Crippen molar-refractivity contribution in [2.75, 3.05) is 13.2 Å². The van der Waals surface area contributed by atoms with Gasteiger partial charge in [-0.25, -0.2) is 0 Å². The summed E-state index contributed by atoms with van der Waals surface area (Å²) in [6.45, 7) is 5.35. The third-order valence-electron chi connectivity index (χ3n) is 5.15. The minimum absolute atomic E-state index is 0.0601. The van der Waals surface area contributed by atoms with Crippen molar-refractivity contribution in [3.05, 3.63) is 70.1 Å². The van der Waals surface area contributed by atoms with Gasteiger partial charge in [-0.15, -0.1) is 0 Å². The van der Waals surface area contributed by atoms with E-state index in [0.717, 1.165) is 36.1 Å². The topological polar surface area (TPSA) is 55.8 Å². The quantitative estimate of drug-likeness (QED) is 0.172. The van der Waals surface area contributed by atoms with Gasteiger partial charge in [-0.2, -0.15) is 0 Å². The lowest BCUT2D eigenvalue weighted by molar-refractivity contribution is -0.143. The Morgan fingerprint density at radius 1 is 1.06 bits per heavy atom. The molecule has 2 aromatic carbocycles. The molecule has 3 rings (SSSR count). The summed E-state index contributed by atoms with van der Waals surface area (Å²) in [6.07, 6.45) is 4.67. The number of hydrogen-bond donors (Lipinski definition) is 0. The summed E-state index contributed by atoms with van der Waals surface area (Å²) in [5.41, 5.74) is 3.27. The zero-order valence-corrected chi connectivity index (χ0v) is 20.7. The van der Waals surface area contributed by atoms with Crippen LogP contribution in [0.5, 0.6) is 5.75 Å². The number of unbranched alkanes of at least 4 members (excludes halogenated alkanes) is 2. The van der Waals surface area contributed by atoms with Crippen molar-refractivity contribution in [3.63, 3.8) is 0 Å². The van der Waals surface area contributed by atoms with Crippen LogP contribution in [0.2, 0.25) is 0 Å². The number of carbonyl (C=O) groups excluding carboxylic acids is 2. The van der Waals surface area contributed by atoms with Crippen LogP contribution < -0.4 is 4.74 Å². The fraction of sp³-hybridized carbons (Fsp3) is 0.346. The van der Waals surface area contributed by atoms with Gasteiger partial charge in [-0.05, 0) is 56.0 Å². The van der Waals surface area contributed by atoms with Crippen molar-refractivity contribution < 1.29 is 19.1 Å². The van der Waals surface area contributed by atoms with Crippen LogP contribution in [0.15, 0.2) is 53.4 Å². The molecule has 5 nitrogen and oxygen atoms in total. The van der Waals surface area contributed by atoms with Crippen molar-refractivity contribution in [2.24, 2.45) is 0 Å². The lowest BCUT2D eigenvalue weighted by Crippen LogP contribution is -2.29. The first-order chi connectivity index (χ1) is 16.0. The maximum absolute atomic E-state index is 12.8. The van der Waals surface area contributed by atoms with E-state index in [1.807, 2.05) is 30.3 Å². The van der Waals surface area contributed by atoms with Crippen LogP contribution in [0, 0.1) is 6.92 Å². The molecule has 7 heteroatoms. The Labute approximate surface area is 205 Å². The average Bonchev–Trinajstić information content (AvgIpc) is 3.07. The molecule has 1 saturated heterocycles. The highest BCUT2D eigenvalue weighted by Gasteiger charge is 2.31. The van der Waals surface area contributed by atoms with E-state index in [0.29, 0.717) is 35.4 Å². The fourth-order valence-electron chi connectivity index (χ4n) is 3.30. The third kappa shape index (κ3) is 7.72. The van der Waals surface area contributed by atoms with E-state index in [4.69, 9.17) is 21.7 Å². The van der Waals surface area contributed by atoms with Crippen LogP contribution in [0.3, 0.4) is 0 Å². The van der Waals surface area contributed by atoms with Crippen LogP contribution in [-0.4, -0.2) is 34.2 Å². The first-order valence-corrected chi connectivity index (χ1v) is 12.4. The SMILES string of the molecule is CCOC(=O)CCCCCN1C(=O)/C(=C/c2ccc(OCc3ccc(C)cc3)cc2)SC1=S. The smallest absolute Gasteiger partial charge is 0.305 e. The van der Waals surface area contributed by atoms with Gasteiger partial charge in [0.05, 0.1) is 11.5 Å². The fourth-order valence-corrected chi connectivity index (χ4v) is 4.61. The highest BCUT2D eigenvalue weighted by molar-refractivity contribution is 8.26. The molecule has 1 fully saturated rings. The molecular formula is C26H29NO4S2. The van der Waals surface area contributed by atoms with E-state index in [9.17, 15) is 9.59 Å². The molecule has 1 aliphatic rings. The van der Waals surface area contributed by atoms with Gasteiger partial charge < -0.3 is 9.47 Å². The summed E-state index contributed by atoms with van der Waals surface area (Å²) in [5, 5.41) is 0. The molecule has 0 aliphatic carbocycles. The number of benzene rings is 2. The predicted octanol–water partition coefficient (Wildman–Crippen LogP) is 5.90. The molecule has 1 heterocycles. The number of carbonyl (C=O) groups is 2. The lowest BCUT2D eigenvalue weighted by atomic mass is 10.1. The van der Waals surface area contributed by atoms with Crippen LogP contribution in [0.4, 0.5) is 0 Å². The number of ether oxygens (including phenoxy) is 2. The molecule has 1 amide bonds. The molecule has 0 aromatic heterocycles. The number of nitrogens with zero attached hydrogens (tertiary/aromatic N) is 1. The van der Waals surface area contributed by atoms with Gasteiger partial charge in [-0.3, -0.25) is 14.5 Å². The number of rotatable bonds is 11. The van der Waals surface area contributed by atoms with Crippen molar-refractivity contribution in [3.8, 4) is 5.75 Å². The molecule has 0 unspecified atom stereocenters. The number of thioether (sulfide) groups is 1. The second kappa shape index (κ2) is 12.6. The standard InChI is InChI=1S/C26H29NO4S2/c1-3-30-24(28)7-5-4-6-16-27-25(29)23(33-26(27)32)17-20-12-14-22(15-13-20)31-18-21-10-8-19(2)9-11-21/h8-15,17H,3-7,16,18H2,1-2H3/b23-17-. The molecule has 0 saturated carbocycles. The molecule has 0 atom stereocenters. The second-order valence-corrected chi connectivity index (χ2v) is 9.47. The van der Waals surface area contributed by atoms with Gasteiger partial charge in [0.2, 0.25) is 0 Å². The number of thiocarbonyl (C=S) groups is 1. The minimum atomic E-state index is -0.169. The summed E-state index contributed by atoms with van der Waals surface area (Å²) < 4.78 is 11.4. The number of esters is 1. The predicted molar refractivity (Wildman–Crippen MR) is 137 cm³/mol. The normalized spacial score (nSPS) is 14.7. The Bertz CT molecular complexity index is 1000. The maximum Gasteiger partial charge on any atom is 0.305 e. The summed E-state index contributed by atoms with van der Waals surface area (Å²) in [7, 11) is 0. The van der Waals surface area contributed by atoms with Crippen molar-refractivity contribution in [1.82, 2.24) is 4.90 Å². The molecule has 0 spiro atoms. The van der Waals surface area contributed by atoms with Gasteiger partial charge in [0, 0.05) is 13.0 Å². The first kappa shape index (κ1) is 25.0. The largest absolute Gasteiger partial charge is 0.489 e. The Morgan fingerprint density at radius 2 is 1.79 bits per heavy atom. The Hall–Kier alpha value is -2.64. The van der Waals surface area contributed by atoms with Crippen LogP contribution in [0.25, 0.3) is 6.08 Å². The number of hydrogen-bond acceptors (Lipinski definition) is 6. The minimum Gasteiger partial charge on any atom is -0.489 e. The molecule has 33 heavy (non-hydrogen) atoms. The molecule has 0 radical (unpaired) electrons. The molecule has 174 valence electrons. The molecule has 0 bridgehead atoms. The first-order valence-electron chi connectivity index (χ1n) is 11.2. The molecule has 0 N–H and O–H groups in total. The third-order valence-corrected chi connectivity index (χ3v) is 6.52. The summed E-state index contributed by atoms with van der Waals surface area (Å²) in [6, 6.07) is 16.0. The van der Waals surface area contributed by atoms with Crippen molar-refractivity contribution in [2.45, 2.75) is 46.1 Å². The second-order valence-electron chi connectivity index (χ2n) is 7.79. The van der Waals surface area contributed by atoms with Crippen LogP contribution >= 0.6 is 24.0 Å². The van der Waals surface area contributed by atoms with Crippen LogP contribution in [0.1, 0.15) is 49.3 Å². The van der Waals surface area contributed by atoms with Gasteiger partial charge in [0.1, 0.15) is 16.7 Å². The van der Waals surface area contributed by atoms with Gasteiger partial charge in [-0.1, -0.05) is 72.4 Å². The van der Waals surface area contributed by atoms with Crippen LogP contribution in [-0.2, 0) is 20.9 Å².